The molecular weight excluding hydrogens is 594 g/mol. The average molecular weight is 610 g/mol. The van der Waals surface area contributed by atoms with Crippen LogP contribution in [0, 0.1) is 12.1 Å². The average Bonchev–Trinajstić information content (AvgIpc) is 3.40. The maximum Gasteiger partial charge on any atom is -0.0253 e. The van der Waals surface area contributed by atoms with Gasteiger partial charge in [-0.15, -0.1) is 58.8 Å². The van der Waals surface area contributed by atoms with Crippen LogP contribution in [0.3, 0.4) is 0 Å². The van der Waals surface area contributed by atoms with Crippen molar-refractivity contribution in [3.8, 4) is 11.1 Å². The van der Waals surface area contributed by atoms with Gasteiger partial charge in [0, 0.05) is 0 Å². The van der Waals surface area contributed by atoms with Crippen molar-refractivity contribution < 1.29 is 47.5 Å². The van der Waals surface area contributed by atoms with Gasteiger partial charge in [0.1, 0.15) is 0 Å². The number of thioether (sulfide) groups is 1. The Hall–Kier alpha value is -0.347. The molecule has 6 heteroatoms. The van der Waals surface area contributed by atoms with E-state index in [0.717, 1.165) is 29.1 Å². The molecule has 30 heavy (non-hydrogen) atoms. The molecule has 1 atom stereocenters. The molecule has 0 saturated carbocycles. The molecule has 0 spiro atoms. The number of benzene rings is 3. The van der Waals surface area contributed by atoms with E-state index in [-0.39, 0.29) is 24.8 Å². The largest absolute Gasteiger partial charge is 0.179 e. The Balaban J connectivity index is 0.000000186. The van der Waals surface area contributed by atoms with Gasteiger partial charge in [0.2, 0.25) is 0 Å². The van der Waals surface area contributed by atoms with Gasteiger partial charge in [-0.1, -0.05) is 63.0 Å². The summed E-state index contributed by atoms with van der Waals surface area (Å²) in [6.45, 7) is 0. The fraction of sp³-hybridized carbons (Fsp3) is 0.0833. The molecule has 1 heterocycles. The molecule has 150 valence electrons. The zero-order valence-electron chi connectivity index (χ0n) is 15.7. The van der Waals surface area contributed by atoms with E-state index in [4.69, 9.17) is 0 Å². The van der Waals surface area contributed by atoms with E-state index in [1.54, 1.807) is 0 Å². The van der Waals surface area contributed by atoms with Crippen molar-refractivity contribution in [2.45, 2.75) is 10.6 Å². The van der Waals surface area contributed by atoms with Crippen molar-refractivity contribution in [3.63, 3.8) is 0 Å². The van der Waals surface area contributed by atoms with E-state index in [2.05, 4.69) is 91.5 Å². The van der Waals surface area contributed by atoms with Crippen LogP contribution in [0.15, 0.2) is 71.6 Å². The Morgan fingerprint density at radius 2 is 1.57 bits per heavy atom. The van der Waals surface area contributed by atoms with Crippen molar-refractivity contribution in [3.05, 3.63) is 106 Å². The maximum atomic E-state index is 4.17. The number of allylic oxidation sites excluding steroid dienone is 1. The van der Waals surface area contributed by atoms with Gasteiger partial charge in [-0.25, -0.2) is 0 Å². The Labute approximate surface area is 221 Å². The predicted octanol–water partition coefficient (Wildman–Crippen LogP) is 1.40. The van der Waals surface area contributed by atoms with Gasteiger partial charge in [-0.05, 0) is 11.3 Å². The monoisotopic (exact) mass is 606 g/mol. The van der Waals surface area contributed by atoms with Gasteiger partial charge in [0.15, 0.2) is 0 Å². The summed E-state index contributed by atoms with van der Waals surface area (Å²) >= 11 is 6.57. The van der Waals surface area contributed by atoms with Crippen molar-refractivity contribution in [2.24, 2.45) is 0 Å². The summed E-state index contributed by atoms with van der Waals surface area (Å²) < 4.78 is 0.446. The second-order valence-electron chi connectivity index (χ2n) is 6.45. The van der Waals surface area contributed by atoms with E-state index in [1.165, 1.54) is 43.9 Å². The Morgan fingerprint density at radius 1 is 0.900 bits per heavy atom. The van der Waals surface area contributed by atoms with Crippen LogP contribution in [0.5, 0.6) is 0 Å². The molecule has 3 aliphatic rings. The molecule has 3 aromatic rings. The molecule has 0 N–H and O–H groups in total. The summed E-state index contributed by atoms with van der Waals surface area (Å²) in [5.41, 5.74) is 9.44. The normalized spacial score (nSPS) is 15.8. The molecule has 6 rings (SSSR count). The number of hydrogen-bond acceptors (Lipinski definition) is 2. The van der Waals surface area contributed by atoms with Crippen molar-refractivity contribution in [1.82, 2.24) is 0 Å². The molecule has 2 aliphatic carbocycles. The zero-order valence-corrected chi connectivity index (χ0v) is 22.9. The van der Waals surface area contributed by atoms with E-state index in [0.29, 0.717) is 4.16 Å². The summed E-state index contributed by atoms with van der Waals surface area (Å²) in [6.07, 6.45) is 5.52. The molecule has 3 aromatic carbocycles. The summed E-state index contributed by atoms with van der Waals surface area (Å²) in [5, 5.41) is 0. The van der Waals surface area contributed by atoms with Crippen LogP contribution >= 0.6 is 36.5 Å². The molecular formula is C24H15BrCl2S2Zr-2. The Bertz CT molecular complexity index is 1050. The van der Waals surface area contributed by atoms with Crippen LogP contribution in [0.25, 0.3) is 22.8 Å². The van der Waals surface area contributed by atoms with Crippen molar-refractivity contribution in [2.75, 3.05) is 0 Å². The number of alkyl halides is 1. The number of hydrogen-bond donors (Lipinski definition) is 0. The zero-order chi connectivity index (χ0) is 19.5. The standard InChI is InChI=1S/C13H9.C11H6BrS.2ClH.S.Zr/c1-3-7-12-10(5-1)9-11-6-2-4-8-13(11)12;12-11-6-9-8-4-2-1-3-7(8)5-10(9)13-11;;;;/h1-5,7-8H,9H2;1-2,4-6,11H;2*1H;;/q2*-1;;;;+2/p-2. The van der Waals surface area contributed by atoms with Gasteiger partial charge in [0.05, 0.1) is 4.16 Å². The molecule has 1 unspecified atom stereocenters. The molecule has 0 amide bonds. The first-order valence-electron chi connectivity index (χ1n) is 8.83. The van der Waals surface area contributed by atoms with Gasteiger partial charge in [-0.2, -0.15) is 29.8 Å². The van der Waals surface area contributed by atoms with Crippen LogP contribution in [0.1, 0.15) is 22.3 Å². The van der Waals surface area contributed by atoms with Crippen LogP contribution < -0.4 is 24.8 Å². The minimum atomic E-state index is 0. The summed E-state index contributed by atoms with van der Waals surface area (Å²) in [4.78, 5) is 1.37. The fourth-order valence-corrected chi connectivity index (χ4v) is 5.51. The molecule has 0 aromatic heterocycles. The molecule has 0 bridgehead atoms. The third-order valence-corrected chi connectivity index (χ3v) is 6.65. The number of rotatable bonds is 0. The second-order valence-corrected chi connectivity index (χ2v) is 9.23. The Morgan fingerprint density at radius 3 is 2.37 bits per heavy atom. The van der Waals surface area contributed by atoms with Crippen molar-refractivity contribution in [1.29, 1.82) is 0 Å². The predicted molar refractivity (Wildman–Crippen MR) is 123 cm³/mol. The molecule has 0 radical (unpaired) electrons. The number of fused-ring (bicyclic) bond motifs is 6. The van der Waals surface area contributed by atoms with Gasteiger partial charge < -0.3 is 24.8 Å². The summed E-state index contributed by atoms with van der Waals surface area (Å²) in [6, 6.07) is 27.5. The van der Waals surface area contributed by atoms with E-state index in [1.807, 2.05) is 30.0 Å². The van der Waals surface area contributed by atoms with Gasteiger partial charge in [0.25, 0.3) is 0 Å². The quantitative estimate of drug-likeness (QED) is 0.219. The third kappa shape index (κ3) is 5.34. The van der Waals surface area contributed by atoms with Crippen LogP contribution in [0.4, 0.5) is 0 Å². The SMILES string of the molecule is BrC1C=C2C(=Cc3[c-]cccc32)S1.[Cl-].[Cl-].[S]=[Zr+2].[c-]1cccc2c1Cc1ccccc1-2. The fourth-order valence-electron chi connectivity index (χ4n) is 3.70. The number of halogens is 3. The maximum absolute atomic E-state index is 4.17. The summed E-state index contributed by atoms with van der Waals surface area (Å²) in [7, 11) is 4.17. The minimum Gasteiger partial charge on any atom is -0.179 e. The molecule has 0 saturated heterocycles. The van der Waals surface area contributed by atoms with E-state index >= 15 is 0 Å². The smallest absolute Gasteiger partial charge is 0.0253 e. The van der Waals surface area contributed by atoms with E-state index < -0.39 is 0 Å². The topological polar surface area (TPSA) is 0 Å². The van der Waals surface area contributed by atoms with Crippen molar-refractivity contribution >= 4 is 48.2 Å². The third-order valence-electron chi connectivity index (χ3n) is 4.87. The second kappa shape index (κ2) is 12.0. The van der Waals surface area contributed by atoms with Crippen LogP contribution in [-0.2, 0) is 29.1 Å². The van der Waals surface area contributed by atoms with Crippen LogP contribution in [0.2, 0.25) is 0 Å². The van der Waals surface area contributed by atoms with Crippen LogP contribution in [-0.4, -0.2) is 4.16 Å². The summed E-state index contributed by atoms with van der Waals surface area (Å²) in [5.74, 6) is 0. The van der Waals surface area contributed by atoms with Gasteiger partial charge >= 0.3 is 31.5 Å². The minimum absolute atomic E-state index is 0. The first-order valence-corrected chi connectivity index (χ1v) is 14.0. The molecule has 0 fully saturated rings. The first kappa shape index (κ1) is 25.9. The molecule has 0 nitrogen and oxygen atoms in total. The van der Waals surface area contributed by atoms with Gasteiger partial charge in [-0.3, -0.25) is 0 Å². The van der Waals surface area contributed by atoms with E-state index in [9.17, 15) is 0 Å². The molecule has 1 aliphatic heterocycles. The first-order chi connectivity index (χ1) is 13.8. The Kier molecular flexibility index (Phi) is 10.4.